The van der Waals surface area contributed by atoms with Gasteiger partial charge in [-0.2, -0.15) is 9.61 Å². The zero-order chi connectivity index (χ0) is 28.9. The van der Waals surface area contributed by atoms with Crippen molar-refractivity contribution >= 4 is 17.2 Å². The number of fused-ring (bicyclic) bond motifs is 1. The Kier molecular flexibility index (Phi) is 6.99. The molecule has 0 amide bonds. The van der Waals surface area contributed by atoms with Gasteiger partial charge in [-0.3, -0.25) is 4.98 Å². The number of rotatable bonds is 5. The number of nitrogens with two attached hydrogens (primary N) is 1. The molecule has 216 valence electrons. The van der Waals surface area contributed by atoms with E-state index in [2.05, 4.69) is 20.4 Å². The van der Waals surface area contributed by atoms with E-state index < -0.39 is 22.9 Å². The van der Waals surface area contributed by atoms with E-state index in [-0.39, 0.29) is 60.8 Å². The first-order valence-corrected chi connectivity index (χ1v) is 13.9. The third kappa shape index (κ3) is 4.96. The molecule has 0 bridgehead atoms. The molecule has 41 heavy (non-hydrogen) atoms. The van der Waals surface area contributed by atoms with Crippen molar-refractivity contribution < 1.29 is 23.0 Å². The first kappa shape index (κ1) is 27.6. The van der Waals surface area contributed by atoms with Gasteiger partial charge in [0.15, 0.2) is 0 Å². The largest absolute Gasteiger partial charge is 0.388 e. The van der Waals surface area contributed by atoms with E-state index in [1.165, 1.54) is 10.6 Å². The third-order valence-corrected chi connectivity index (χ3v) is 8.95. The van der Waals surface area contributed by atoms with E-state index in [4.69, 9.17) is 10.5 Å². The van der Waals surface area contributed by atoms with Crippen LogP contribution < -0.4 is 11.1 Å². The lowest BCUT2D eigenvalue weighted by Gasteiger charge is -2.44. The molecule has 6 rings (SSSR count). The number of halogens is 3. The smallest absolute Gasteiger partial charge is 0.229 e. The average Bonchev–Trinajstić information content (AvgIpc) is 3.34. The van der Waals surface area contributed by atoms with Crippen molar-refractivity contribution in [3.63, 3.8) is 0 Å². The Morgan fingerprint density at radius 1 is 1.10 bits per heavy atom. The number of nitrogens with zero attached hydrogens (tertiary/aromatic N) is 4. The lowest BCUT2D eigenvalue weighted by Crippen LogP contribution is -2.54. The van der Waals surface area contributed by atoms with Gasteiger partial charge in [0.1, 0.15) is 17.3 Å². The van der Waals surface area contributed by atoms with Gasteiger partial charge in [0.05, 0.1) is 40.5 Å². The van der Waals surface area contributed by atoms with Gasteiger partial charge in [-0.25, -0.2) is 18.2 Å². The topological polar surface area (TPSA) is 111 Å². The molecule has 1 saturated heterocycles. The number of alkyl halides is 1. The normalized spacial score (nSPS) is 26.3. The minimum atomic E-state index is -1.84. The molecule has 0 radical (unpaired) electrons. The molecule has 2 fully saturated rings. The number of hydrogen-bond donors (Lipinski definition) is 3. The highest BCUT2D eigenvalue weighted by molar-refractivity contribution is 5.66. The van der Waals surface area contributed by atoms with Crippen LogP contribution in [0.4, 0.5) is 24.8 Å². The zero-order valence-electron chi connectivity index (χ0n) is 22.9. The number of anilines is 2. The number of pyridine rings is 1. The molecule has 0 spiro atoms. The van der Waals surface area contributed by atoms with Crippen LogP contribution in [-0.4, -0.2) is 49.5 Å². The Labute approximate surface area is 235 Å². The third-order valence-electron chi connectivity index (χ3n) is 8.95. The number of nitrogens with one attached hydrogen (secondary N) is 1. The van der Waals surface area contributed by atoms with Gasteiger partial charge in [0, 0.05) is 38.3 Å². The molecular formula is C30H33F3N6O2. The number of hydrogen-bond acceptors (Lipinski definition) is 7. The molecule has 8 nitrogen and oxygen atoms in total. The van der Waals surface area contributed by atoms with E-state index in [9.17, 15) is 5.11 Å². The number of aliphatic hydroxyl groups is 1. The maximum atomic E-state index is 15.4. The lowest BCUT2D eigenvalue weighted by atomic mass is 9.68. The van der Waals surface area contributed by atoms with E-state index in [0.29, 0.717) is 23.6 Å². The van der Waals surface area contributed by atoms with Crippen molar-refractivity contribution in [2.24, 2.45) is 11.7 Å². The van der Waals surface area contributed by atoms with Crippen molar-refractivity contribution in [3.05, 3.63) is 71.7 Å². The second-order valence-corrected chi connectivity index (χ2v) is 11.5. The summed E-state index contributed by atoms with van der Waals surface area (Å²) < 4.78 is 52.7. The van der Waals surface area contributed by atoms with Crippen LogP contribution in [0.3, 0.4) is 0 Å². The molecule has 1 saturated carbocycles. The van der Waals surface area contributed by atoms with E-state index >= 15 is 13.2 Å². The molecule has 4 aromatic rings. The van der Waals surface area contributed by atoms with Crippen LogP contribution in [0.2, 0.25) is 0 Å². The fourth-order valence-electron chi connectivity index (χ4n) is 6.07. The summed E-state index contributed by atoms with van der Waals surface area (Å²) in [5, 5.41) is 18.5. The molecule has 0 unspecified atom stereocenters. The quantitative estimate of drug-likeness (QED) is 0.298. The van der Waals surface area contributed by atoms with Gasteiger partial charge >= 0.3 is 0 Å². The highest BCUT2D eigenvalue weighted by atomic mass is 19.1. The van der Waals surface area contributed by atoms with E-state index in [1.54, 1.807) is 31.6 Å². The maximum Gasteiger partial charge on any atom is 0.229 e. The first-order chi connectivity index (χ1) is 19.6. The fraction of sp³-hybridized carbons (Fsp3) is 0.433. The summed E-state index contributed by atoms with van der Waals surface area (Å²) in [7, 11) is 0. The van der Waals surface area contributed by atoms with Crippen molar-refractivity contribution in [1.82, 2.24) is 19.6 Å². The standard InChI is InChI=1S/C30H33F3N6O2/c1-17-11-18(12-26(34)29(17,2)40)21-5-8-35-16-25(21)37-28-36-15-20-3-4-24(38-39(20)28)27-22(31)13-19(14-23(27)32)30(33)6-9-41-10-7-30/h3-5,8,13-18,26,40H,6-7,9-12,34H2,1-2H3,(H,36,37)/t17-,18+,26+,29+/m0/s1. The summed E-state index contributed by atoms with van der Waals surface area (Å²) in [6, 6.07) is 6.81. The monoisotopic (exact) mass is 566 g/mol. The Bertz CT molecular complexity index is 1550. The molecule has 2 aliphatic rings. The molecule has 4 heterocycles. The predicted molar refractivity (Wildman–Crippen MR) is 148 cm³/mol. The summed E-state index contributed by atoms with van der Waals surface area (Å²) >= 11 is 0. The SMILES string of the molecule is C[C@H]1C[C@@H](c2ccncc2Nc2ncc3ccc(-c4c(F)cc(C5(F)CCOCC5)cc4F)nn23)C[C@@H](N)[C@]1(C)O. The molecule has 11 heteroatoms. The Hall–Kier alpha value is -3.54. The molecule has 1 aliphatic carbocycles. The Balaban J connectivity index is 1.32. The molecule has 1 aliphatic heterocycles. The zero-order valence-corrected chi connectivity index (χ0v) is 22.9. The first-order valence-electron chi connectivity index (χ1n) is 13.9. The minimum absolute atomic E-state index is 0.0105. The number of ether oxygens (including phenoxy) is 1. The predicted octanol–water partition coefficient (Wildman–Crippen LogP) is 5.38. The summed E-state index contributed by atoms with van der Waals surface area (Å²) in [6.45, 7) is 4.17. The van der Waals surface area contributed by atoms with Gasteiger partial charge in [-0.05, 0) is 73.1 Å². The molecule has 1 aromatic carbocycles. The minimum Gasteiger partial charge on any atom is -0.388 e. The fourth-order valence-corrected chi connectivity index (χ4v) is 6.07. The van der Waals surface area contributed by atoms with Gasteiger partial charge in [-0.1, -0.05) is 6.92 Å². The highest BCUT2D eigenvalue weighted by Crippen LogP contribution is 2.43. The van der Waals surface area contributed by atoms with Crippen molar-refractivity contribution in [2.75, 3.05) is 18.5 Å². The van der Waals surface area contributed by atoms with Gasteiger partial charge in [0.2, 0.25) is 5.95 Å². The van der Waals surface area contributed by atoms with Crippen LogP contribution in [0, 0.1) is 17.6 Å². The van der Waals surface area contributed by atoms with Gasteiger partial charge in [-0.15, -0.1) is 0 Å². The highest BCUT2D eigenvalue weighted by Gasteiger charge is 2.42. The maximum absolute atomic E-state index is 15.4. The second kappa shape index (κ2) is 10.4. The van der Waals surface area contributed by atoms with Crippen LogP contribution in [0.1, 0.15) is 56.6 Å². The summed E-state index contributed by atoms with van der Waals surface area (Å²) in [6.07, 6.45) is 6.42. The van der Waals surface area contributed by atoms with Crippen LogP contribution >= 0.6 is 0 Å². The van der Waals surface area contributed by atoms with Crippen molar-refractivity contribution in [1.29, 1.82) is 0 Å². The molecular weight excluding hydrogens is 533 g/mol. The van der Waals surface area contributed by atoms with Crippen LogP contribution in [0.25, 0.3) is 16.8 Å². The summed E-state index contributed by atoms with van der Waals surface area (Å²) in [4.78, 5) is 8.71. The van der Waals surface area contributed by atoms with Crippen LogP contribution in [0.15, 0.2) is 48.9 Å². The molecule has 4 atom stereocenters. The number of imidazole rings is 1. The van der Waals surface area contributed by atoms with Crippen LogP contribution in [0.5, 0.6) is 0 Å². The van der Waals surface area contributed by atoms with E-state index in [1.807, 2.05) is 13.0 Å². The number of benzene rings is 1. The average molecular weight is 567 g/mol. The Morgan fingerprint density at radius 2 is 1.83 bits per heavy atom. The van der Waals surface area contributed by atoms with Crippen molar-refractivity contribution in [3.8, 4) is 11.3 Å². The molecule has 3 aromatic heterocycles. The van der Waals surface area contributed by atoms with Gasteiger partial charge in [0.25, 0.3) is 0 Å². The lowest BCUT2D eigenvalue weighted by molar-refractivity contribution is -0.0463. The van der Waals surface area contributed by atoms with Crippen LogP contribution in [-0.2, 0) is 10.4 Å². The summed E-state index contributed by atoms with van der Waals surface area (Å²) in [5.74, 6) is -1.38. The van der Waals surface area contributed by atoms with Gasteiger partial charge < -0.3 is 20.9 Å². The summed E-state index contributed by atoms with van der Waals surface area (Å²) in [5.41, 5.74) is 5.51. The second-order valence-electron chi connectivity index (χ2n) is 11.5. The van der Waals surface area contributed by atoms with Crippen molar-refractivity contribution in [2.45, 2.75) is 62.8 Å². The Morgan fingerprint density at radius 3 is 2.54 bits per heavy atom. The number of aromatic nitrogens is 4. The van der Waals surface area contributed by atoms with E-state index in [0.717, 1.165) is 24.1 Å². The molecule has 4 N–H and O–H groups in total.